The van der Waals surface area contributed by atoms with Crippen molar-refractivity contribution in [3.8, 4) is 17.6 Å². The summed E-state index contributed by atoms with van der Waals surface area (Å²) < 4.78 is 5.42. The van der Waals surface area contributed by atoms with Crippen LogP contribution in [0.2, 0.25) is 0 Å². The third-order valence-electron chi connectivity index (χ3n) is 3.08. The Balaban J connectivity index is 1.71. The van der Waals surface area contributed by atoms with Crippen molar-refractivity contribution in [2.24, 2.45) is 0 Å². The first-order chi connectivity index (χ1) is 10.8. The number of hydrogen-bond acceptors (Lipinski definition) is 2. The van der Waals surface area contributed by atoms with E-state index in [-0.39, 0.29) is 12.5 Å². The lowest BCUT2D eigenvalue weighted by Gasteiger charge is -2.06. The van der Waals surface area contributed by atoms with E-state index < -0.39 is 0 Å². The minimum atomic E-state index is -0.179. The highest BCUT2D eigenvalue weighted by Gasteiger charge is 2.01. The fourth-order valence-electron chi connectivity index (χ4n) is 1.83. The van der Waals surface area contributed by atoms with Crippen molar-refractivity contribution in [1.82, 2.24) is 5.32 Å². The summed E-state index contributed by atoms with van der Waals surface area (Å²) in [7, 11) is 0. The third kappa shape index (κ3) is 5.34. The van der Waals surface area contributed by atoms with Crippen molar-refractivity contribution in [2.45, 2.75) is 13.3 Å². The molecule has 0 saturated carbocycles. The molecule has 1 amide bonds. The molecule has 112 valence electrons. The van der Waals surface area contributed by atoms with Gasteiger partial charge in [-0.3, -0.25) is 4.79 Å². The van der Waals surface area contributed by atoms with Crippen LogP contribution in [0.3, 0.4) is 0 Å². The quantitative estimate of drug-likeness (QED) is 0.861. The minimum Gasteiger partial charge on any atom is -0.484 e. The van der Waals surface area contributed by atoms with Gasteiger partial charge < -0.3 is 10.1 Å². The average molecular weight is 293 g/mol. The predicted octanol–water partition coefficient (Wildman–Crippen LogP) is 2.80. The molecule has 3 heteroatoms. The first kappa shape index (κ1) is 15.7. The summed E-state index contributed by atoms with van der Waals surface area (Å²) in [6.07, 6.45) is 0.987. The van der Waals surface area contributed by atoms with Gasteiger partial charge in [-0.15, -0.1) is 0 Å². The largest absolute Gasteiger partial charge is 0.484 e. The average Bonchev–Trinajstić information content (AvgIpc) is 2.58. The van der Waals surface area contributed by atoms with Crippen molar-refractivity contribution in [3.63, 3.8) is 0 Å². The highest BCUT2D eigenvalue weighted by molar-refractivity contribution is 5.77. The van der Waals surface area contributed by atoms with Crippen LogP contribution in [0.15, 0.2) is 54.6 Å². The van der Waals surface area contributed by atoms with E-state index in [0.717, 1.165) is 12.0 Å². The Morgan fingerprint density at radius 1 is 1.09 bits per heavy atom. The molecule has 0 heterocycles. The fourth-order valence-corrected chi connectivity index (χ4v) is 1.83. The van der Waals surface area contributed by atoms with E-state index in [0.29, 0.717) is 12.3 Å². The van der Waals surface area contributed by atoms with E-state index in [1.54, 1.807) is 0 Å². The molecule has 0 radical (unpaired) electrons. The van der Waals surface area contributed by atoms with Gasteiger partial charge in [0.15, 0.2) is 6.61 Å². The van der Waals surface area contributed by atoms with E-state index in [9.17, 15) is 4.79 Å². The van der Waals surface area contributed by atoms with E-state index in [4.69, 9.17) is 4.74 Å². The van der Waals surface area contributed by atoms with Crippen LogP contribution in [-0.2, 0) is 11.2 Å². The summed E-state index contributed by atoms with van der Waals surface area (Å²) in [5.41, 5.74) is 2.18. The van der Waals surface area contributed by atoms with E-state index >= 15 is 0 Å². The van der Waals surface area contributed by atoms with Crippen molar-refractivity contribution < 1.29 is 9.53 Å². The smallest absolute Gasteiger partial charge is 0.258 e. The van der Waals surface area contributed by atoms with Gasteiger partial charge in [-0.1, -0.05) is 49.1 Å². The Hall–Kier alpha value is -2.73. The minimum absolute atomic E-state index is 0.00150. The molecule has 0 aliphatic heterocycles. The standard InChI is InChI=1S/C19H19NO2/c1-2-16-10-12-18(13-11-16)22-15-19(21)20-14-6-9-17-7-4-3-5-8-17/h3-5,7-8,10-13H,2,14-15H2,1H3,(H,20,21). The predicted molar refractivity (Wildman–Crippen MR) is 87.6 cm³/mol. The summed E-state index contributed by atoms with van der Waals surface area (Å²) in [6.45, 7) is 2.41. The lowest BCUT2D eigenvalue weighted by Crippen LogP contribution is -2.29. The van der Waals surface area contributed by atoms with Crippen molar-refractivity contribution in [1.29, 1.82) is 0 Å². The van der Waals surface area contributed by atoms with Crippen LogP contribution >= 0.6 is 0 Å². The van der Waals surface area contributed by atoms with Crippen molar-refractivity contribution >= 4 is 5.91 Å². The molecule has 0 unspecified atom stereocenters. The van der Waals surface area contributed by atoms with Crippen molar-refractivity contribution in [3.05, 3.63) is 65.7 Å². The van der Waals surface area contributed by atoms with Gasteiger partial charge in [-0.2, -0.15) is 0 Å². The van der Waals surface area contributed by atoms with Gasteiger partial charge in [-0.05, 0) is 36.2 Å². The molecular formula is C19H19NO2. The first-order valence-electron chi connectivity index (χ1n) is 7.30. The number of ether oxygens (including phenoxy) is 1. The number of carbonyl (C=O) groups excluding carboxylic acids is 1. The van der Waals surface area contributed by atoms with Crippen LogP contribution in [0, 0.1) is 11.8 Å². The topological polar surface area (TPSA) is 38.3 Å². The molecule has 2 aromatic carbocycles. The second kappa shape index (κ2) is 8.53. The van der Waals surface area contributed by atoms with Gasteiger partial charge in [0, 0.05) is 5.56 Å². The van der Waals surface area contributed by atoms with Crippen LogP contribution < -0.4 is 10.1 Å². The molecule has 0 aliphatic carbocycles. The van der Waals surface area contributed by atoms with Gasteiger partial charge in [0.25, 0.3) is 5.91 Å². The molecule has 0 aromatic heterocycles. The highest BCUT2D eigenvalue weighted by Crippen LogP contribution is 2.12. The maximum atomic E-state index is 11.6. The maximum Gasteiger partial charge on any atom is 0.258 e. The van der Waals surface area contributed by atoms with Crippen LogP contribution in [0.1, 0.15) is 18.1 Å². The number of nitrogens with one attached hydrogen (secondary N) is 1. The SMILES string of the molecule is CCc1ccc(OCC(=O)NCC#Cc2ccccc2)cc1. The second-order valence-electron chi connectivity index (χ2n) is 4.73. The number of hydrogen-bond donors (Lipinski definition) is 1. The number of rotatable bonds is 5. The molecule has 0 aliphatic rings. The van der Waals surface area contributed by atoms with Crippen molar-refractivity contribution in [2.75, 3.05) is 13.2 Å². The molecule has 2 aromatic rings. The molecule has 0 spiro atoms. The zero-order chi connectivity index (χ0) is 15.6. The normalized spacial score (nSPS) is 9.50. The maximum absolute atomic E-state index is 11.6. The second-order valence-corrected chi connectivity index (χ2v) is 4.73. The Bertz CT molecular complexity index is 651. The monoisotopic (exact) mass is 293 g/mol. The molecule has 3 nitrogen and oxygen atoms in total. The fraction of sp³-hybridized carbons (Fsp3) is 0.211. The molecule has 0 fully saturated rings. The van der Waals surface area contributed by atoms with E-state index in [1.165, 1.54) is 5.56 Å². The Morgan fingerprint density at radius 3 is 2.50 bits per heavy atom. The summed E-state index contributed by atoms with van der Waals surface area (Å²) in [4.78, 5) is 11.6. The highest BCUT2D eigenvalue weighted by atomic mass is 16.5. The molecule has 22 heavy (non-hydrogen) atoms. The van der Waals surface area contributed by atoms with Gasteiger partial charge >= 0.3 is 0 Å². The van der Waals surface area contributed by atoms with Gasteiger partial charge in [0.2, 0.25) is 0 Å². The van der Waals surface area contributed by atoms with Gasteiger partial charge in [0.05, 0.1) is 6.54 Å². The number of carbonyl (C=O) groups is 1. The molecule has 0 bridgehead atoms. The van der Waals surface area contributed by atoms with Crippen LogP contribution in [0.5, 0.6) is 5.75 Å². The molecule has 0 saturated heterocycles. The third-order valence-corrected chi connectivity index (χ3v) is 3.08. The number of benzene rings is 2. The van der Waals surface area contributed by atoms with E-state index in [1.807, 2.05) is 54.6 Å². The Morgan fingerprint density at radius 2 is 1.82 bits per heavy atom. The van der Waals surface area contributed by atoms with Crippen LogP contribution in [0.25, 0.3) is 0 Å². The molecule has 0 atom stereocenters. The summed E-state index contributed by atoms with van der Waals surface area (Å²) in [6, 6.07) is 17.4. The van der Waals surface area contributed by atoms with E-state index in [2.05, 4.69) is 24.1 Å². The number of aryl methyl sites for hydroxylation is 1. The molecule has 2 rings (SSSR count). The lowest BCUT2D eigenvalue weighted by molar-refractivity contribution is -0.122. The first-order valence-corrected chi connectivity index (χ1v) is 7.30. The van der Waals surface area contributed by atoms with Crippen LogP contribution in [0.4, 0.5) is 0 Å². The molecular weight excluding hydrogens is 274 g/mol. The lowest BCUT2D eigenvalue weighted by atomic mass is 10.2. The Labute approximate surface area is 131 Å². The Kier molecular flexibility index (Phi) is 6.07. The zero-order valence-corrected chi connectivity index (χ0v) is 12.6. The summed E-state index contributed by atoms with van der Waals surface area (Å²) in [5, 5.41) is 2.71. The summed E-state index contributed by atoms with van der Waals surface area (Å²) in [5.74, 6) is 6.41. The summed E-state index contributed by atoms with van der Waals surface area (Å²) >= 11 is 0. The number of amides is 1. The van der Waals surface area contributed by atoms with Gasteiger partial charge in [0.1, 0.15) is 5.75 Å². The zero-order valence-electron chi connectivity index (χ0n) is 12.6. The van der Waals surface area contributed by atoms with Gasteiger partial charge in [-0.25, -0.2) is 0 Å². The van der Waals surface area contributed by atoms with Crippen LogP contribution in [-0.4, -0.2) is 19.1 Å². The molecule has 1 N–H and O–H groups in total.